The maximum atomic E-state index is 11.9. The molecule has 6 nitrogen and oxygen atoms in total. The van der Waals surface area contributed by atoms with Crippen LogP contribution in [-0.4, -0.2) is 34.0 Å². The summed E-state index contributed by atoms with van der Waals surface area (Å²) in [6.45, 7) is 3.20. The SMILES string of the molecule is COCc1cc(=O)[nH]c(-c2cccc(CN(C)C(C)c3ccccn3)c2)n1. The summed E-state index contributed by atoms with van der Waals surface area (Å²) in [6, 6.07) is 15.7. The third-order valence-electron chi connectivity index (χ3n) is 4.50. The Labute approximate surface area is 158 Å². The van der Waals surface area contributed by atoms with E-state index < -0.39 is 0 Å². The number of methoxy groups -OCH3 is 1. The summed E-state index contributed by atoms with van der Waals surface area (Å²) in [7, 11) is 3.66. The zero-order valence-corrected chi connectivity index (χ0v) is 15.8. The molecular weight excluding hydrogens is 340 g/mol. The first-order valence-corrected chi connectivity index (χ1v) is 8.86. The quantitative estimate of drug-likeness (QED) is 0.697. The maximum absolute atomic E-state index is 11.9. The molecule has 3 aromatic rings. The van der Waals surface area contributed by atoms with Crippen molar-refractivity contribution in [3.63, 3.8) is 0 Å². The van der Waals surface area contributed by atoms with E-state index >= 15 is 0 Å². The summed E-state index contributed by atoms with van der Waals surface area (Å²) in [5, 5.41) is 0. The average molecular weight is 364 g/mol. The molecule has 0 fully saturated rings. The zero-order chi connectivity index (χ0) is 19.2. The number of ether oxygens (including phenoxy) is 1. The molecule has 1 N–H and O–H groups in total. The fourth-order valence-corrected chi connectivity index (χ4v) is 2.96. The molecule has 3 rings (SSSR count). The number of nitrogens with one attached hydrogen (secondary N) is 1. The highest BCUT2D eigenvalue weighted by molar-refractivity contribution is 5.56. The molecule has 0 amide bonds. The van der Waals surface area contributed by atoms with Crippen molar-refractivity contribution in [3.8, 4) is 11.4 Å². The van der Waals surface area contributed by atoms with Crippen LogP contribution in [0.2, 0.25) is 0 Å². The predicted molar refractivity (Wildman–Crippen MR) is 105 cm³/mol. The van der Waals surface area contributed by atoms with Gasteiger partial charge in [-0.15, -0.1) is 0 Å². The summed E-state index contributed by atoms with van der Waals surface area (Å²) in [4.78, 5) is 25.9. The molecule has 27 heavy (non-hydrogen) atoms. The maximum Gasteiger partial charge on any atom is 0.251 e. The minimum Gasteiger partial charge on any atom is -0.378 e. The molecule has 2 heterocycles. The fraction of sp³-hybridized carbons (Fsp3) is 0.286. The lowest BCUT2D eigenvalue weighted by molar-refractivity contribution is 0.181. The normalized spacial score (nSPS) is 12.3. The number of rotatable bonds is 7. The molecule has 2 aromatic heterocycles. The van der Waals surface area contributed by atoms with Gasteiger partial charge in [0.05, 0.1) is 18.0 Å². The third-order valence-corrected chi connectivity index (χ3v) is 4.50. The van der Waals surface area contributed by atoms with Crippen LogP contribution in [0.15, 0.2) is 59.5 Å². The molecule has 1 aromatic carbocycles. The van der Waals surface area contributed by atoms with Crippen LogP contribution in [-0.2, 0) is 17.9 Å². The Morgan fingerprint density at radius 2 is 2.04 bits per heavy atom. The van der Waals surface area contributed by atoms with E-state index in [2.05, 4.69) is 46.0 Å². The zero-order valence-electron chi connectivity index (χ0n) is 15.8. The first-order chi connectivity index (χ1) is 13.1. The molecule has 0 saturated heterocycles. The molecule has 0 spiro atoms. The molecule has 1 unspecified atom stereocenters. The van der Waals surface area contributed by atoms with Gasteiger partial charge in [0.1, 0.15) is 5.82 Å². The van der Waals surface area contributed by atoms with E-state index in [-0.39, 0.29) is 11.6 Å². The smallest absolute Gasteiger partial charge is 0.251 e. The molecule has 1 atom stereocenters. The number of aromatic amines is 1. The molecule has 0 saturated carbocycles. The monoisotopic (exact) mass is 364 g/mol. The van der Waals surface area contributed by atoms with E-state index in [4.69, 9.17) is 4.74 Å². The first kappa shape index (κ1) is 18.9. The van der Waals surface area contributed by atoms with Crippen molar-refractivity contribution in [2.45, 2.75) is 26.1 Å². The van der Waals surface area contributed by atoms with E-state index in [0.29, 0.717) is 18.1 Å². The first-order valence-electron chi connectivity index (χ1n) is 8.86. The molecule has 140 valence electrons. The third kappa shape index (κ3) is 4.87. The van der Waals surface area contributed by atoms with Crippen molar-refractivity contribution in [3.05, 3.63) is 82.0 Å². The van der Waals surface area contributed by atoms with Gasteiger partial charge in [0.2, 0.25) is 0 Å². The van der Waals surface area contributed by atoms with E-state index in [1.165, 1.54) is 6.07 Å². The Bertz CT molecular complexity index is 940. The topological polar surface area (TPSA) is 71.1 Å². The number of pyridine rings is 1. The summed E-state index contributed by atoms with van der Waals surface area (Å²) in [6.07, 6.45) is 1.81. The Hall–Kier alpha value is -2.83. The number of benzene rings is 1. The summed E-state index contributed by atoms with van der Waals surface area (Å²) in [5.41, 5.74) is 3.48. The van der Waals surface area contributed by atoms with Gasteiger partial charge in [-0.05, 0) is 37.7 Å². The highest BCUT2D eigenvalue weighted by atomic mass is 16.5. The van der Waals surface area contributed by atoms with Gasteiger partial charge >= 0.3 is 0 Å². The largest absolute Gasteiger partial charge is 0.378 e. The van der Waals surface area contributed by atoms with Crippen LogP contribution in [0.3, 0.4) is 0 Å². The molecule has 0 aliphatic rings. The van der Waals surface area contributed by atoms with Gasteiger partial charge in [-0.25, -0.2) is 4.98 Å². The van der Waals surface area contributed by atoms with Crippen molar-refractivity contribution in [2.24, 2.45) is 0 Å². The van der Waals surface area contributed by atoms with Crippen LogP contribution in [0.1, 0.15) is 29.9 Å². The molecule has 0 aliphatic carbocycles. The number of aromatic nitrogens is 3. The van der Waals surface area contributed by atoms with Crippen LogP contribution < -0.4 is 5.56 Å². The van der Waals surface area contributed by atoms with E-state index in [9.17, 15) is 4.79 Å². The molecule has 0 aliphatic heterocycles. The van der Waals surface area contributed by atoms with Crippen LogP contribution >= 0.6 is 0 Å². The standard InChI is InChI=1S/C21H24N4O2/c1-15(19-9-4-5-10-22-19)25(2)13-16-7-6-8-17(11-16)21-23-18(14-27-3)12-20(26)24-21/h4-12,15H,13-14H2,1-3H3,(H,23,24,26). The Kier molecular flexibility index (Phi) is 6.11. The van der Waals surface area contributed by atoms with Crippen molar-refractivity contribution < 1.29 is 4.74 Å². The van der Waals surface area contributed by atoms with Crippen molar-refractivity contribution in [2.75, 3.05) is 14.2 Å². The van der Waals surface area contributed by atoms with Crippen LogP contribution in [0.5, 0.6) is 0 Å². The van der Waals surface area contributed by atoms with E-state index in [1.807, 2.05) is 36.5 Å². The number of hydrogen-bond acceptors (Lipinski definition) is 5. The highest BCUT2D eigenvalue weighted by Crippen LogP contribution is 2.21. The highest BCUT2D eigenvalue weighted by Gasteiger charge is 2.13. The van der Waals surface area contributed by atoms with Crippen LogP contribution in [0.25, 0.3) is 11.4 Å². The summed E-state index contributed by atoms with van der Waals surface area (Å²) >= 11 is 0. The molecule has 0 bridgehead atoms. The second kappa shape index (κ2) is 8.70. The second-order valence-electron chi connectivity index (χ2n) is 6.56. The van der Waals surface area contributed by atoms with Gasteiger partial charge in [0.25, 0.3) is 5.56 Å². The van der Waals surface area contributed by atoms with Crippen molar-refractivity contribution >= 4 is 0 Å². The van der Waals surface area contributed by atoms with Gasteiger partial charge in [-0.2, -0.15) is 0 Å². The lowest BCUT2D eigenvalue weighted by Gasteiger charge is -2.24. The number of nitrogens with zero attached hydrogens (tertiary/aromatic N) is 3. The van der Waals surface area contributed by atoms with Gasteiger partial charge in [-0.3, -0.25) is 14.7 Å². The molecular formula is C21H24N4O2. The van der Waals surface area contributed by atoms with E-state index in [0.717, 1.165) is 23.4 Å². The van der Waals surface area contributed by atoms with Gasteiger partial charge in [-0.1, -0.05) is 24.3 Å². The van der Waals surface area contributed by atoms with E-state index in [1.54, 1.807) is 7.11 Å². The lowest BCUT2D eigenvalue weighted by Crippen LogP contribution is -2.22. The van der Waals surface area contributed by atoms with Crippen molar-refractivity contribution in [1.29, 1.82) is 0 Å². The average Bonchev–Trinajstić information content (AvgIpc) is 2.68. The Balaban J connectivity index is 1.81. The molecule has 0 radical (unpaired) electrons. The number of H-pyrrole nitrogens is 1. The Morgan fingerprint density at radius 1 is 1.19 bits per heavy atom. The fourth-order valence-electron chi connectivity index (χ4n) is 2.96. The van der Waals surface area contributed by atoms with Crippen LogP contribution in [0.4, 0.5) is 0 Å². The van der Waals surface area contributed by atoms with Gasteiger partial charge in [0.15, 0.2) is 0 Å². The van der Waals surface area contributed by atoms with Crippen LogP contribution in [0, 0.1) is 0 Å². The van der Waals surface area contributed by atoms with Gasteiger partial charge < -0.3 is 9.72 Å². The minimum absolute atomic E-state index is 0.182. The minimum atomic E-state index is -0.182. The second-order valence-corrected chi connectivity index (χ2v) is 6.56. The number of hydrogen-bond donors (Lipinski definition) is 1. The summed E-state index contributed by atoms with van der Waals surface area (Å²) < 4.78 is 5.09. The summed E-state index contributed by atoms with van der Waals surface area (Å²) in [5.74, 6) is 0.553. The predicted octanol–water partition coefficient (Wildman–Crippen LogP) is 3.17. The lowest BCUT2D eigenvalue weighted by atomic mass is 10.1. The van der Waals surface area contributed by atoms with Gasteiger partial charge in [0, 0.05) is 37.5 Å². The Morgan fingerprint density at radius 3 is 2.78 bits per heavy atom. The van der Waals surface area contributed by atoms with Crippen molar-refractivity contribution in [1.82, 2.24) is 19.9 Å². The molecule has 6 heteroatoms.